The quantitative estimate of drug-likeness (QED) is 0.850. The molecule has 1 fully saturated rings. The van der Waals surface area contributed by atoms with Gasteiger partial charge in [-0.3, -0.25) is 0 Å². The molecule has 19 heavy (non-hydrogen) atoms. The largest absolute Gasteiger partial charge is 0.379 e. The Morgan fingerprint density at radius 1 is 1.32 bits per heavy atom. The summed E-state index contributed by atoms with van der Waals surface area (Å²) in [6, 6.07) is 7.19. The van der Waals surface area contributed by atoms with Gasteiger partial charge >= 0.3 is 0 Å². The Kier molecular flexibility index (Phi) is 4.16. The topological polar surface area (TPSA) is 46.6 Å². The highest BCUT2D eigenvalue weighted by Crippen LogP contribution is 2.29. The first-order valence-electron chi connectivity index (χ1n) is 6.50. The fourth-order valence-corrected chi connectivity index (χ4v) is 3.49. The molecule has 106 valence electrons. The van der Waals surface area contributed by atoms with Gasteiger partial charge in [0.15, 0.2) is 9.84 Å². The molecule has 1 aliphatic heterocycles. The van der Waals surface area contributed by atoms with Crippen LogP contribution in [-0.2, 0) is 14.6 Å². The molecular weight excluding hydrogens is 262 g/mol. The van der Waals surface area contributed by atoms with Crippen molar-refractivity contribution >= 4 is 15.5 Å². The second kappa shape index (κ2) is 5.51. The highest BCUT2D eigenvalue weighted by molar-refractivity contribution is 7.90. The fourth-order valence-electron chi connectivity index (χ4n) is 2.59. The molecule has 2 unspecified atom stereocenters. The van der Waals surface area contributed by atoms with Gasteiger partial charge in [0.25, 0.3) is 0 Å². The van der Waals surface area contributed by atoms with Gasteiger partial charge in [-0.15, -0.1) is 0 Å². The van der Waals surface area contributed by atoms with Gasteiger partial charge in [0.2, 0.25) is 0 Å². The van der Waals surface area contributed by atoms with Crippen molar-refractivity contribution in [1.29, 1.82) is 0 Å². The van der Waals surface area contributed by atoms with Gasteiger partial charge in [-0.2, -0.15) is 0 Å². The molecule has 0 amide bonds. The van der Waals surface area contributed by atoms with E-state index in [1.165, 1.54) is 6.26 Å². The lowest BCUT2D eigenvalue weighted by Gasteiger charge is -2.38. The first kappa shape index (κ1) is 14.3. The van der Waals surface area contributed by atoms with E-state index in [2.05, 4.69) is 11.8 Å². The molecule has 1 aromatic carbocycles. The summed E-state index contributed by atoms with van der Waals surface area (Å²) in [7, 11) is -1.49. The summed E-state index contributed by atoms with van der Waals surface area (Å²) in [5.41, 5.74) is 0.791. The first-order valence-corrected chi connectivity index (χ1v) is 8.39. The summed E-state index contributed by atoms with van der Waals surface area (Å²) < 4.78 is 29.2. The van der Waals surface area contributed by atoms with Crippen LogP contribution in [0.1, 0.15) is 13.3 Å². The van der Waals surface area contributed by atoms with Crippen LogP contribution < -0.4 is 4.90 Å². The van der Waals surface area contributed by atoms with E-state index in [-0.39, 0.29) is 6.10 Å². The summed E-state index contributed by atoms with van der Waals surface area (Å²) in [5.74, 6) is 0.506. The van der Waals surface area contributed by atoms with Gasteiger partial charge in [0.05, 0.1) is 16.7 Å². The first-order chi connectivity index (χ1) is 8.93. The van der Waals surface area contributed by atoms with Crippen molar-refractivity contribution < 1.29 is 13.2 Å². The summed E-state index contributed by atoms with van der Waals surface area (Å²) in [5, 5.41) is 0. The van der Waals surface area contributed by atoms with Crippen molar-refractivity contribution in [2.75, 3.05) is 31.4 Å². The monoisotopic (exact) mass is 283 g/mol. The zero-order chi connectivity index (χ0) is 14.0. The molecule has 0 aliphatic carbocycles. The number of para-hydroxylation sites is 1. The molecule has 0 radical (unpaired) electrons. The Hall–Kier alpha value is -1.07. The van der Waals surface area contributed by atoms with Crippen molar-refractivity contribution in [3.63, 3.8) is 0 Å². The lowest BCUT2D eigenvalue weighted by molar-refractivity contribution is 0.0497. The molecule has 0 aromatic heterocycles. The minimum atomic E-state index is -3.20. The molecule has 0 bridgehead atoms. The van der Waals surface area contributed by atoms with Crippen molar-refractivity contribution in [2.24, 2.45) is 5.92 Å². The Morgan fingerprint density at radius 2 is 2.00 bits per heavy atom. The van der Waals surface area contributed by atoms with Crippen LogP contribution in [0.2, 0.25) is 0 Å². The number of hydrogen-bond acceptors (Lipinski definition) is 4. The molecule has 1 aliphatic rings. The molecule has 2 rings (SSSR count). The zero-order valence-corrected chi connectivity index (χ0v) is 12.5. The number of benzene rings is 1. The summed E-state index contributed by atoms with van der Waals surface area (Å²) in [4.78, 5) is 2.52. The third-order valence-corrected chi connectivity index (χ3v) is 4.94. The maximum Gasteiger partial charge on any atom is 0.177 e. The minimum absolute atomic E-state index is 0.154. The van der Waals surface area contributed by atoms with Gasteiger partial charge in [-0.25, -0.2) is 8.42 Å². The molecule has 0 N–H and O–H groups in total. The number of hydrogen-bond donors (Lipinski definition) is 0. The standard InChI is InChI=1S/C14H21NO3S/c1-11-8-9-15(10-13(11)18-2)12-6-4-5-7-14(12)19(3,16)17/h4-7,11,13H,8-10H2,1-3H3. The highest BCUT2D eigenvalue weighted by atomic mass is 32.2. The van der Waals surface area contributed by atoms with E-state index in [4.69, 9.17) is 4.74 Å². The van der Waals surface area contributed by atoms with E-state index in [1.54, 1.807) is 19.2 Å². The number of methoxy groups -OCH3 is 1. The lowest BCUT2D eigenvalue weighted by atomic mass is 9.95. The van der Waals surface area contributed by atoms with Crippen LogP contribution >= 0.6 is 0 Å². The van der Waals surface area contributed by atoms with Gasteiger partial charge in [0, 0.05) is 26.5 Å². The molecule has 2 atom stereocenters. The third kappa shape index (κ3) is 3.09. The summed E-state index contributed by atoms with van der Waals surface area (Å²) in [6.45, 7) is 3.78. The maximum atomic E-state index is 11.9. The molecular formula is C14H21NO3S. The van der Waals surface area contributed by atoms with E-state index < -0.39 is 9.84 Å². The molecule has 4 nitrogen and oxygen atoms in total. The van der Waals surface area contributed by atoms with Crippen LogP contribution in [0.4, 0.5) is 5.69 Å². The Labute approximate surface area is 115 Å². The number of anilines is 1. The summed E-state index contributed by atoms with van der Waals surface area (Å²) >= 11 is 0. The average molecular weight is 283 g/mol. The number of piperidine rings is 1. The van der Waals surface area contributed by atoms with Crippen LogP contribution in [0.3, 0.4) is 0 Å². The van der Waals surface area contributed by atoms with E-state index >= 15 is 0 Å². The SMILES string of the molecule is COC1CN(c2ccccc2S(C)(=O)=O)CCC1C. The van der Waals surface area contributed by atoms with Crippen LogP contribution in [0.5, 0.6) is 0 Å². The van der Waals surface area contributed by atoms with Crippen molar-refractivity contribution in [3.05, 3.63) is 24.3 Å². The molecule has 1 aromatic rings. The van der Waals surface area contributed by atoms with Crippen LogP contribution in [0.15, 0.2) is 29.2 Å². The second-order valence-electron chi connectivity index (χ2n) is 5.23. The van der Waals surface area contributed by atoms with Crippen molar-refractivity contribution in [3.8, 4) is 0 Å². The van der Waals surface area contributed by atoms with Crippen LogP contribution in [-0.4, -0.2) is 41.0 Å². The van der Waals surface area contributed by atoms with Crippen LogP contribution in [0, 0.1) is 5.92 Å². The zero-order valence-electron chi connectivity index (χ0n) is 11.7. The number of sulfone groups is 1. The predicted octanol–water partition coefficient (Wildman–Crippen LogP) is 1.95. The molecule has 0 spiro atoms. The number of ether oxygens (including phenoxy) is 1. The Morgan fingerprint density at radius 3 is 2.63 bits per heavy atom. The van der Waals surface area contributed by atoms with Gasteiger partial charge in [-0.05, 0) is 24.5 Å². The van der Waals surface area contributed by atoms with Crippen molar-refractivity contribution in [2.45, 2.75) is 24.3 Å². The minimum Gasteiger partial charge on any atom is -0.379 e. The Balaban J connectivity index is 2.33. The molecule has 1 saturated heterocycles. The summed E-state index contributed by atoms with van der Waals surface area (Å²) in [6.07, 6.45) is 2.42. The molecule has 1 heterocycles. The van der Waals surface area contributed by atoms with Gasteiger partial charge in [-0.1, -0.05) is 19.1 Å². The fraction of sp³-hybridized carbons (Fsp3) is 0.571. The number of rotatable bonds is 3. The second-order valence-corrected chi connectivity index (χ2v) is 7.21. The normalized spacial score (nSPS) is 24.5. The number of nitrogens with zero attached hydrogens (tertiary/aromatic N) is 1. The maximum absolute atomic E-state index is 11.9. The van der Waals surface area contributed by atoms with Gasteiger partial charge < -0.3 is 9.64 Å². The van der Waals surface area contributed by atoms with E-state index in [0.29, 0.717) is 10.8 Å². The van der Waals surface area contributed by atoms with Crippen molar-refractivity contribution in [1.82, 2.24) is 0 Å². The van der Waals surface area contributed by atoms with Gasteiger partial charge in [0.1, 0.15) is 0 Å². The van der Waals surface area contributed by atoms with E-state index in [1.807, 2.05) is 12.1 Å². The Bertz CT molecular complexity index is 541. The average Bonchev–Trinajstić information content (AvgIpc) is 2.38. The van der Waals surface area contributed by atoms with E-state index in [9.17, 15) is 8.42 Å². The third-order valence-electron chi connectivity index (χ3n) is 3.80. The molecule has 5 heteroatoms. The van der Waals surface area contributed by atoms with Crippen LogP contribution in [0.25, 0.3) is 0 Å². The lowest BCUT2D eigenvalue weighted by Crippen LogP contribution is -2.44. The van der Waals surface area contributed by atoms with E-state index in [0.717, 1.165) is 25.2 Å². The molecule has 0 saturated carbocycles. The highest BCUT2D eigenvalue weighted by Gasteiger charge is 2.28. The predicted molar refractivity (Wildman–Crippen MR) is 76.3 cm³/mol. The smallest absolute Gasteiger partial charge is 0.177 e.